The summed E-state index contributed by atoms with van der Waals surface area (Å²) in [5.41, 5.74) is 5.59. The zero-order chi connectivity index (χ0) is 13.0. The highest BCUT2D eigenvalue weighted by Crippen LogP contribution is 2.22. The van der Waals surface area contributed by atoms with Gasteiger partial charge in [0.2, 0.25) is 5.91 Å². The molecule has 0 bridgehead atoms. The van der Waals surface area contributed by atoms with Crippen molar-refractivity contribution in [2.45, 2.75) is 0 Å². The minimum atomic E-state index is -0.520. The summed E-state index contributed by atoms with van der Waals surface area (Å²) < 4.78 is 0. The average molecular weight is 268 g/mol. The lowest BCUT2D eigenvalue weighted by Gasteiger charge is -2.26. The number of nitrogens with one attached hydrogen (secondary N) is 2. The Morgan fingerprint density at radius 3 is 2.83 bits per heavy atom. The quantitative estimate of drug-likeness (QED) is 0.699. The van der Waals surface area contributed by atoms with E-state index in [1.54, 1.807) is 11.4 Å². The lowest BCUT2D eigenvalue weighted by atomic mass is 10.3. The van der Waals surface area contributed by atoms with Gasteiger partial charge in [-0.3, -0.25) is 14.5 Å². The van der Waals surface area contributed by atoms with Gasteiger partial charge in [-0.15, -0.1) is 11.3 Å². The van der Waals surface area contributed by atoms with Crippen LogP contribution in [0.5, 0.6) is 0 Å². The highest BCUT2D eigenvalue weighted by molar-refractivity contribution is 7.14. The number of carbonyl (C=O) groups excluding carboxylic acids is 2. The van der Waals surface area contributed by atoms with Crippen molar-refractivity contribution in [2.75, 3.05) is 38.0 Å². The van der Waals surface area contributed by atoms with Crippen molar-refractivity contribution in [3.05, 3.63) is 17.0 Å². The molecule has 1 aliphatic rings. The van der Waals surface area contributed by atoms with Crippen molar-refractivity contribution < 1.29 is 9.59 Å². The van der Waals surface area contributed by atoms with Gasteiger partial charge < -0.3 is 16.4 Å². The Hall–Kier alpha value is -1.44. The van der Waals surface area contributed by atoms with Crippen molar-refractivity contribution in [1.82, 2.24) is 10.2 Å². The van der Waals surface area contributed by atoms with Crippen molar-refractivity contribution in [3.63, 3.8) is 0 Å². The maximum Gasteiger partial charge on any atom is 0.251 e. The fraction of sp³-hybridized carbons (Fsp3) is 0.455. The smallest absolute Gasteiger partial charge is 0.251 e. The highest BCUT2D eigenvalue weighted by atomic mass is 32.1. The Morgan fingerprint density at radius 2 is 2.17 bits per heavy atom. The molecule has 1 saturated heterocycles. The third kappa shape index (κ3) is 3.28. The third-order valence-electron chi connectivity index (χ3n) is 2.76. The van der Waals surface area contributed by atoms with Crippen molar-refractivity contribution in [1.29, 1.82) is 0 Å². The van der Waals surface area contributed by atoms with Crippen LogP contribution in [-0.4, -0.2) is 49.4 Å². The highest BCUT2D eigenvalue weighted by Gasteiger charge is 2.16. The third-order valence-corrected chi connectivity index (χ3v) is 3.59. The number of rotatable bonds is 4. The molecule has 1 aliphatic heterocycles. The second kappa shape index (κ2) is 5.94. The van der Waals surface area contributed by atoms with Crippen LogP contribution in [0, 0.1) is 0 Å². The number of hydrogen-bond acceptors (Lipinski definition) is 5. The molecule has 18 heavy (non-hydrogen) atoms. The zero-order valence-corrected chi connectivity index (χ0v) is 10.8. The fourth-order valence-electron chi connectivity index (χ4n) is 1.84. The summed E-state index contributed by atoms with van der Waals surface area (Å²) in [5, 5.41) is 8.23. The predicted octanol–water partition coefficient (Wildman–Crippen LogP) is -0.309. The second-order valence-corrected chi connectivity index (χ2v) is 5.02. The number of amides is 2. The Bertz CT molecular complexity index is 440. The fourth-order valence-corrected chi connectivity index (χ4v) is 2.65. The number of nitrogens with zero attached hydrogens (tertiary/aromatic N) is 1. The molecule has 4 N–H and O–H groups in total. The molecule has 0 unspecified atom stereocenters. The summed E-state index contributed by atoms with van der Waals surface area (Å²) in [6.07, 6.45) is 0. The first-order valence-corrected chi connectivity index (χ1v) is 6.65. The maximum absolute atomic E-state index is 11.8. The molecule has 1 fully saturated rings. The molecule has 0 radical (unpaired) electrons. The Labute approximate surface area is 109 Å². The van der Waals surface area contributed by atoms with Gasteiger partial charge in [-0.25, -0.2) is 0 Å². The van der Waals surface area contributed by atoms with E-state index in [2.05, 4.69) is 15.5 Å². The first kappa shape index (κ1) is 13.0. The van der Waals surface area contributed by atoms with Crippen LogP contribution < -0.4 is 16.4 Å². The molecule has 6 nitrogen and oxygen atoms in total. The molecule has 1 aromatic heterocycles. The minimum Gasteiger partial charge on any atom is -0.366 e. The van der Waals surface area contributed by atoms with E-state index in [-0.39, 0.29) is 5.91 Å². The van der Waals surface area contributed by atoms with Crippen LogP contribution in [0.25, 0.3) is 0 Å². The van der Waals surface area contributed by atoms with Gasteiger partial charge in [-0.2, -0.15) is 0 Å². The molecule has 2 heterocycles. The number of anilines is 1. The van der Waals surface area contributed by atoms with Gasteiger partial charge in [0.1, 0.15) is 5.00 Å². The summed E-state index contributed by atoms with van der Waals surface area (Å²) in [6, 6.07) is 1.62. The largest absolute Gasteiger partial charge is 0.366 e. The number of nitrogens with two attached hydrogens (primary N) is 1. The zero-order valence-electron chi connectivity index (χ0n) is 9.94. The molecule has 0 spiro atoms. The Kier molecular flexibility index (Phi) is 4.29. The molecule has 2 rings (SSSR count). The normalized spacial score (nSPS) is 16.4. The van der Waals surface area contributed by atoms with Crippen LogP contribution in [0.1, 0.15) is 10.4 Å². The van der Waals surface area contributed by atoms with E-state index in [1.807, 2.05) is 0 Å². The first-order chi connectivity index (χ1) is 8.66. The van der Waals surface area contributed by atoms with E-state index in [0.29, 0.717) is 17.1 Å². The van der Waals surface area contributed by atoms with Gasteiger partial charge in [-0.05, 0) is 11.4 Å². The molecular weight excluding hydrogens is 252 g/mol. The molecule has 2 amide bonds. The molecule has 98 valence electrons. The van der Waals surface area contributed by atoms with Crippen LogP contribution >= 0.6 is 11.3 Å². The van der Waals surface area contributed by atoms with Crippen LogP contribution in [0.4, 0.5) is 5.00 Å². The van der Waals surface area contributed by atoms with Crippen LogP contribution in [0.3, 0.4) is 0 Å². The van der Waals surface area contributed by atoms with Crippen molar-refractivity contribution in [3.8, 4) is 0 Å². The van der Waals surface area contributed by atoms with Crippen molar-refractivity contribution in [2.24, 2.45) is 5.73 Å². The Balaban J connectivity index is 1.90. The molecule has 0 atom stereocenters. The second-order valence-electron chi connectivity index (χ2n) is 4.10. The summed E-state index contributed by atoms with van der Waals surface area (Å²) in [5.74, 6) is -0.629. The molecular formula is C11H16N4O2S. The van der Waals surface area contributed by atoms with Crippen LogP contribution in [0.2, 0.25) is 0 Å². The maximum atomic E-state index is 11.8. The number of primary amides is 1. The lowest BCUT2D eigenvalue weighted by molar-refractivity contribution is -0.117. The number of piperazine rings is 1. The van der Waals surface area contributed by atoms with E-state index >= 15 is 0 Å². The van der Waals surface area contributed by atoms with Gasteiger partial charge in [0.05, 0.1) is 12.1 Å². The SMILES string of the molecule is NC(=O)c1ccsc1NC(=O)CN1CCNCC1. The standard InChI is InChI=1S/C11H16N4O2S/c12-10(17)8-1-6-18-11(8)14-9(16)7-15-4-2-13-3-5-15/h1,6,13H,2-5,7H2,(H2,12,17)(H,14,16). The summed E-state index contributed by atoms with van der Waals surface area (Å²) >= 11 is 1.30. The van der Waals surface area contributed by atoms with Crippen LogP contribution in [0.15, 0.2) is 11.4 Å². The topological polar surface area (TPSA) is 87.5 Å². The average Bonchev–Trinajstić information content (AvgIpc) is 2.78. The van der Waals surface area contributed by atoms with Crippen LogP contribution in [-0.2, 0) is 4.79 Å². The first-order valence-electron chi connectivity index (χ1n) is 5.77. The number of thiophene rings is 1. The number of carbonyl (C=O) groups is 2. The van der Waals surface area contributed by atoms with E-state index in [9.17, 15) is 9.59 Å². The molecule has 0 aliphatic carbocycles. The molecule has 0 aromatic carbocycles. The van der Waals surface area contributed by atoms with Gasteiger partial charge in [0.15, 0.2) is 0 Å². The molecule has 1 aromatic rings. The lowest BCUT2D eigenvalue weighted by Crippen LogP contribution is -2.46. The van der Waals surface area contributed by atoms with Gasteiger partial charge in [0.25, 0.3) is 5.91 Å². The number of hydrogen-bond donors (Lipinski definition) is 3. The summed E-state index contributed by atoms with van der Waals surface area (Å²) in [7, 11) is 0. The molecule has 0 saturated carbocycles. The predicted molar refractivity (Wildman–Crippen MR) is 70.8 cm³/mol. The van der Waals surface area contributed by atoms with Gasteiger partial charge in [0, 0.05) is 26.2 Å². The van der Waals surface area contributed by atoms with Gasteiger partial charge in [-0.1, -0.05) is 0 Å². The molecule has 7 heteroatoms. The monoisotopic (exact) mass is 268 g/mol. The van der Waals surface area contributed by atoms with Gasteiger partial charge >= 0.3 is 0 Å². The summed E-state index contributed by atoms with van der Waals surface area (Å²) in [6.45, 7) is 3.87. The van der Waals surface area contributed by atoms with E-state index in [0.717, 1.165) is 26.2 Å². The van der Waals surface area contributed by atoms with Crippen molar-refractivity contribution >= 4 is 28.2 Å². The Morgan fingerprint density at radius 1 is 1.44 bits per heavy atom. The van der Waals surface area contributed by atoms with E-state index < -0.39 is 5.91 Å². The minimum absolute atomic E-state index is 0.109. The summed E-state index contributed by atoms with van der Waals surface area (Å²) in [4.78, 5) is 25.0. The van der Waals surface area contributed by atoms with E-state index in [1.165, 1.54) is 11.3 Å². The van der Waals surface area contributed by atoms with E-state index in [4.69, 9.17) is 5.73 Å².